The molecule has 4 rings (SSSR count). The van der Waals surface area contributed by atoms with Crippen molar-refractivity contribution in [2.45, 2.75) is 51.2 Å². The number of hydrogen-bond donors (Lipinski definition) is 0. The quantitative estimate of drug-likeness (QED) is 0.565. The number of pyridine rings is 1. The molecule has 0 aromatic carbocycles. The van der Waals surface area contributed by atoms with Gasteiger partial charge < -0.3 is 9.42 Å². The maximum atomic E-state index is 13.9. The Morgan fingerprint density at radius 3 is 2.56 bits per heavy atom. The summed E-state index contributed by atoms with van der Waals surface area (Å²) in [5.74, 6) is 0.312. The molecule has 4 heterocycles. The van der Waals surface area contributed by atoms with E-state index in [1.54, 1.807) is 26.2 Å². The number of piperidine rings is 1. The van der Waals surface area contributed by atoms with Gasteiger partial charge in [-0.25, -0.2) is 15.0 Å². The predicted octanol–water partition coefficient (Wildman–Crippen LogP) is 4.60. The van der Waals surface area contributed by atoms with Gasteiger partial charge in [-0.15, -0.1) is 0 Å². The molecule has 1 fully saturated rings. The van der Waals surface area contributed by atoms with Gasteiger partial charge in [0.25, 0.3) is 5.71 Å². The average Bonchev–Trinajstić information content (AvgIpc) is 3.17. The molecule has 0 aliphatic carbocycles. The van der Waals surface area contributed by atoms with E-state index in [-0.39, 0.29) is 22.9 Å². The van der Waals surface area contributed by atoms with Gasteiger partial charge in [0.2, 0.25) is 5.95 Å². The first-order valence-electron chi connectivity index (χ1n) is 10.7. The number of hydrogen-bond acceptors (Lipinski definition) is 7. The summed E-state index contributed by atoms with van der Waals surface area (Å²) in [6, 6.07) is 1.14. The summed E-state index contributed by atoms with van der Waals surface area (Å²) in [5.41, 5.74) is 0.897. The standard InChI is InChI=1S/C22H27F3N6O/c1-13(2)17-8-16(22(23,24)25)18-19(29-32-20(18)28-17)15-6-5-7-31(12-15)11-14-9-26-21(27-10-14)30(3)4/h8-10,13,15H,5-7,11-12H2,1-4H3/t15-/m1/s1. The van der Waals surface area contributed by atoms with E-state index >= 15 is 0 Å². The van der Waals surface area contributed by atoms with E-state index in [0.29, 0.717) is 30.4 Å². The maximum Gasteiger partial charge on any atom is 0.417 e. The van der Waals surface area contributed by atoms with E-state index < -0.39 is 11.7 Å². The summed E-state index contributed by atoms with van der Waals surface area (Å²) in [5, 5.41) is 4.06. The van der Waals surface area contributed by atoms with E-state index in [4.69, 9.17) is 4.52 Å². The Morgan fingerprint density at radius 2 is 1.94 bits per heavy atom. The molecule has 0 saturated carbocycles. The normalized spacial score (nSPS) is 17.9. The summed E-state index contributed by atoms with van der Waals surface area (Å²) in [6.45, 7) is 5.67. The molecule has 0 spiro atoms. The van der Waals surface area contributed by atoms with Crippen molar-refractivity contribution in [3.8, 4) is 0 Å². The molecular weight excluding hydrogens is 421 g/mol. The minimum Gasteiger partial charge on any atom is -0.347 e. The largest absolute Gasteiger partial charge is 0.417 e. The minimum absolute atomic E-state index is 0.00702. The number of anilines is 1. The van der Waals surface area contributed by atoms with Gasteiger partial charge in [0.15, 0.2) is 0 Å². The van der Waals surface area contributed by atoms with Gasteiger partial charge in [0, 0.05) is 56.8 Å². The number of halogens is 3. The molecule has 0 N–H and O–H groups in total. The monoisotopic (exact) mass is 448 g/mol. The highest BCUT2D eigenvalue weighted by Crippen LogP contribution is 2.40. The Kier molecular flexibility index (Phi) is 6.07. The van der Waals surface area contributed by atoms with Gasteiger partial charge in [0.1, 0.15) is 0 Å². The van der Waals surface area contributed by atoms with Gasteiger partial charge in [-0.3, -0.25) is 4.90 Å². The lowest BCUT2D eigenvalue weighted by Gasteiger charge is -2.32. The van der Waals surface area contributed by atoms with E-state index in [9.17, 15) is 13.2 Å². The molecule has 1 aliphatic rings. The van der Waals surface area contributed by atoms with E-state index in [1.807, 2.05) is 19.0 Å². The molecule has 3 aromatic rings. The Labute approximate surface area is 184 Å². The van der Waals surface area contributed by atoms with Gasteiger partial charge in [-0.1, -0.05) is 19.0 Å². The zero-order valence-electron chi connectivity index (χ0n) is 18.6. The summed E-state index contributed by atoms with van der Waals surface area (Å²) in [7, 11) is 3.75. The highest BCUT2D eigenvalue weighted by Gasteiger charge is 2.38. The van der Waals surface area contributed by atoms with E-state index in [0.717, 1.165) is 31.0 Å². The van der Waals surface area contributed by atoms with Crippen LogP contribution in [0.2, 0.25) is 0 Å². The van der Waals surface area contributed by atoms with Gasteiger partial charge in [-0.2, -0.15) is 13.2 Å². The van der Waals surface area contributed by atoms with Crippen molar-refractivity contribution in [3.05, 3.63) is 41.0 Å². The van der Waals surface area contributed by atoms with Crippen LogP contribution in [0.25, 0.3) is 11.1 Å². The fraction of sp³-hybridized carbons (Fsp3) is 0.545. The van der Waals surface area contributed by atoms with E-state index in [1.165, 1.54) is 0 Å². The Morgan fingerprint density at radius 1 is 1.22 bits per heavy atom. The first kappa shape index (κ1) is 22.4. The number of aromatic nitrogens is 4. The second kappa shape index (κ2) is 8.65. The lowest BCUT2D eigenvalue weighted by atomic mass is 9.91. The predicted molar refractivity (Wildman–Crippen MR) is 115 cm³/mol. The van der Waals surface area contributed by atoms with Crippen molar-refractivity contribution in [1.29, 1.82) is 0 Å². The van der Waals surface area contributed by atoms with Crippen LogP contribution in [0.3, 0.4) is 0 Å². The van der Waals surface area contributed by atoms with Crippen LogP contribution >= 0.6 is 0 Å². The molecule has 1 aliphatic heterocycles. The van der Waals surface area contributed by atoms with Crippen LogP contribution < -0.4 is 4.90 Å². The number of likely N-dealkylation sites (tertiary alicyclic amines) is 1. The molecule has 32 heavy (non-hydrogen) atoms. The lowest BCUT2D eigenvalue weighted by molar-refractivity contribution is -0.136. The second-order valence-corrected chi connectivity index (χ2v) is 8.86. The zero-order valence-corrected chi connectivity index (χ0v) is 18.6. The summed E-state index contributed by atoms with van der Waals surface area (Å²) < 4.78 is 47.1. The summed E-state index contributed by atoms with van der Waals surface area (Å²) in [6.07, 6.45) is 0.671. The van der Waals surface area contributed by atoms with Gasteiger partial charge in [-0.05, 0) is 31.4 Å². The molecule has 0 amide bonds. The third-order valence-electron chi connectivity index (χ3n) is 5.78. The molecular formula is C22H27F3N6O. The van der Waals surface area contributed by atoms with Crippen LogP contribution in [0, 0.1) is 0 Å². The fourth-order valence-electron chi connectivity index (χ4n) is 4.13. The first-order valence-corrected chi connectivity index (χ1v) is 10.7. The van der Waals surface area contributed by atoms with Crippen molar-refractivity contribution < 1.29 is 17.7 Å². The fourth-order valence-corrected chi connectivity index (χ4v) is 4.13. The Bertz CT molecular complexity index is 1080. The first-order chi connectivity index (χ1) is 15.1. The molecule has 0 unspecified atom stereocenters. The third kappa shape index (κ3) is 4.55. The molecule has 3 aromatic heterocycles. The van der Waals surface area contributed by atoms with E-state index in [2.05, 4.69) is 25.0 Å². The van der Waals surface area contributed by atoms with Crippen molar-refractivity contribution >= 4 is 17.0 Å². The number of rotatable bonds is 5. The molecule has 1 saturated heterocycles. The molecule has 172 valence electrons. The number of fused-ring (bicyclic) bond motifs is 1. The maximum absolute atomic E-state index is 13.9. The molecule has 7 nitrogen and oxygen atoms in total. The molecule has 0 bridgehead atoms. The van der Waals surface area contributed by atoms with Crippen LogP contribution in [0.4, 0.5) is 19.1 Å². The number of alkyl halides is 3. The second-order valence-electron chi connectivity index (χ2n) is 8.86. The van der Waals surface area contributed by atoms with Crippen LogP contribution in [0.5, 0.6) is 0 Å². The SMILES string of the molecule is CC(C)c1cc(C(F)(F)F)c2c([C@@H]3CCCN(Cc4cnc(N(C)C)nc4)C3)noc2n1. The average molecular weight is 448 g/mol. The summed E-state index contributed by atoms with van der Waals surface area (Å²) in [4.78, 5) is 17.0. The lowest BCUT2D eigenvalue weighted by Crippen LogP contribution is -2.34. The van der Waals surface area contributed by atoms with Gasteiger partial charge >= 0.3 is 6.18 Å². The number of nitrogens with zero attached hydrogens (tertiary/aromatic N) is 6. The topological polar surface area (TPSA) is 71.2 Å². The highest BCUT2D eigenvalue weighted by atomic mass is 19.4. The van der Waals surface area contributed by atoms with Crippen LogP contribution in [-0.4, -0.2) is 52.2 Å². The Balaban J connectivity index is 1.61. The minimum atomic E-state index is -4.51. The third-order valence-corrected chi connectivity index (χ3v) is 5.78. The highest BCUT2D eigenvalue weighted by molar-refractivity contribution is 5.81. The van der Waals surface area contributed by atoms with Crippen molar-refractivity contribution in [3.63, 3.8) is 0 Å². The molecule has 0 radical (unpaired) electrons. The van der Waals surface area contributed by atoms with Gasteiger partial charge in [0.05, 0.1) is 16.6 Å². The van der Waals surface area contributed by atoms with Crippen LogP contribution in [-0.2, 0) is 12.7 Å². The molecule has 10 heteroatoms. The van der Waals surface area contributed by atoms with Crippen LogP contribution in [0.1, 0.15) is 61.0 Å². The van der Waals surface area contributed by atoms with Crippen molar-refractivity contribution in [1.82, 2.24) is 25.0 Å². The zero-order chi connectivity index (χ0) is 23.0. The van der Waals surface area contributed by atoms with Crippen molar-refractivity contribution in [2.24, 2.45) is 0 Å². The smallest absolute Gasteiger partial charge is 0.347 e. The molecule has 1 atom stereocenters. The Hall–Kier alpha value is -2.75. The summed E-state index contributed by atoms with van der Waals surface area (Å²) >= 11 is 0. The van der Waals surface area contributed by atoms with Crippen LogP contribution in [0.15, 0.2) is 23.0 Å². The van der Waals surface area contributed by atoms with Crippen molar-refractivity contribution in [2.75, 3.05) is 32.1 Å².